The topological polar surface area (TPSA) is 90.1 Å². The summed E-state index contributed by atoms with van der Waals surface area (Å²) < 4.78 is 18.9. The highest BCUT2D eigenvalue weighted by molar-refractivity contribution is 6.33. The van der Waals surface area contributed by atoms with E-state index in [9.17, 15) is 9.18 Å². The average Bonchev–Trinajstić information content (AvgIpc) is 2.86. The van der Waals surface area contributed by atoms with E-state index in [-0.39, 0.29) is 5.82 Å². The molecule has 0 aliphatic rings. The third-order valence-electron chi connectivity index (χ3n) is 5.58. The minimum absolute atomic E-state index is 0.290. The highest BCUT2D eigenvalue weighted by Crippen LogP contribution is 2.35. The van der Waals surface area contributed by atoms with Crippen LogP contribution in [-0.2, 0) is 11.2 Å². The number of rotatable bonds is 9. The van der Waals surface area contributed by atoms with Gasteiger partial charge in [-0.1, -0.05) is 35.9 Å². The number of amides is 1. The van der Waals surface area contributed by atoms with Gasteiger partial charge in [0.15, 0.2) is 0 Å². The van der Waals surface area contributed by atoms with Gasteiger partial charge in [-0.2, -0.15) is 0 Å². The van der Waals surface area contributed by atoms with Gasteiger partial charge in [0.2, 0.25) is 5.91 Å². The Morgan fingerprint density at radius 1 is 1.14 bits per heavy atom. The molecule has 0 fully saturated rings. The maximum Gasteiger partial charge on any atom is 0.229 e. The van der Waals surface area contributed by atoms with Crippen molar-refractivity contribution in [3.05, 3.63) is 107 Å². The molecule has 3 N–H and O–H groups in total. The molecule has 8 heteroatoms. The zero-order valence-corrected chi connectivity index (χ0v) is 19.8. The van der Waals surface area contributed by atoms with E-state index in [0.29, 0.717) is 51.9 Å². The first-order chi connectivity index (χ1) is 17.0. The molecular weight excluding hydrogens is 467 g/mol. The number of pyridine rings is 2. The largest absolute Gasteiger partial charge is 0.497 e. The van der Waals surface area contributed by atoms with Gasteiger partial charge >= 0.3 is 0 Å². The van der Waals surface area contributed by atoms with E-state index >= 15 is 0 Å². The number of nitrogens with two attached hydrogens (primary N) is 1. The summed E-state index contributed by atoms with van der Waals surface area (Å²) in [6, 6.07) is 18.9. The third kappa shape index (κ3) is 5.75. The molecule has 0 aliphatic carbocycles. The van der Waals surface area contributed by atoms with E-state index in [0.717, 1.165) is 5.56 Å². The molecule has 0 radical (unpaired) electrons. The molecule has 0 spiro atoms. The summed E-state index contributed by atoms with van der Waals surface area (Å²) in [6.45, 7) is 0.456. The Morgan fingerprint density at radius 3 is 2.71 bits per heavy atom. The number of ether oxygens (including phenoxy) is 1. The van der Waals surface area contributed by atoms with Crippen molar-refractivity contribution in [1.82, 2.24) is 9.97 Å². The SMILES string of the molecule is COc1ccc(Cl)c(-c2ccc(C(C(N)=O)c3cccnc3)c(NCCc3cccc(F)c3)n2)c1. The Hall–Kier alpha value is -3.97. The van der Waals surface area contributed by atoms with Crippen molar-refractivity contribution in [2.45, 2.75) is 12.3 Å². The summed E-state index contributed by atoms with van der Waals surface area (Å²) in [5.41, 5.74) is 9.19. The van der Waals surface area contributed by atoms with E-state index < -0.39 is 11.8 Å². The second kappa shape index (κ2) is 11.0. The molecule has 2 aromatic carbocycles. The third-order valence-corrected chi connectivity index (χ3v) is 5.91. The number of hydrogen-bond donors (Lipinski definition) is 2. The number of methoxy groups -OCH3 is 1. The number of halogens is 2. The second-order valence-electron chi connectivity index (χ2n) is 7.91. The number of primary amides is 1. The lowest BCUT2D eigenvalue weighted by Crippen LogP contribution is -2.24. The van der Waals surface area contributed by atoms with Gasteiger partial charge in [0, 0.05) is 30.1 Å². The van der Waals surface area contributed by atoms with Crippen LogP contribution in [0, 0.1) is 5.82 Å². The molecular formula is C27H24ClFN4O2. The van der Waals surface area contributed by atoms with Crippen molar-refractivity contribution in [3.63, 3.8) is 0 Å². The molecule has 2 aromatic heterocycles. The predicted octanol–water partition coefficient (Wildman–Crippen LogP) is 5.22. The van der Waals surface area contributed by atoms with Gasteiger partial charge in [-0.15, -0.1) is 0 Å². The fraction of sp³-hybridized carbons (Fsp3) is 0.148. The molecule has 1 unspecified atom stereocenters. The minimum Gasteiger partial charge on any atom is -0.497 e. The number of nitrogens with one attached hydrogen (secondary N) is 1. The monoisotopic (exact) mass is 490 g/mol. The normalized spacial score (nSPS) is 11.6. The highest BCUT2D eigenvalue weighted by Gasteiger charge is 2.25. The number of aromatic nitrogens is 2. The minimum atomic E-state index is -0.761. The van der Waals surface area contributed by atoms with E-state index in [4.69, 9.17) is 27.1 Å². The van der Waals surface area contributed by atoms with Gasteiger partial charge in [0.05, 0.1) is 23.7 Å². The Kier molecular flexibility index (Phi) is 7.57. The summed E-state index contributed by atoms with van der Waals surface area (Å²) in [4.78, 5) is 21.5. The predicted molar refractivity (Wildman–Crippen MR) is 135 cm³/mol. The molecule has 35 heavy (non-hydrogen) atoms. The number of hydrogen-bond acceptors (Lipinski definition) is 5. The smallest absolute Gasteiger partial charge is 0.229 e. The molecule has 1 amide bonds. The second-order valence-corrected chi connectivity index (χ2v) is 8.32. The van der Waals surface area contributed by atoms with Gasteiger partial charge in [0.25, 0.3) is 0 Å². The maximum absolute atomic E-state index is 13.6. The van der Waals surface area contributed by atoms with Crippen LogP contribution in [0.4, 0.5) is 10.2 Å². The van der Waals surface area contributed by atoms with Crippen molar-refractivity contribution in [3.8, 4) is 17.0 Å². The van der Waals surface area contributed by atoms with Crippen molar-refractivity contribution >= 4 is 23.3 Å². The molecule has 178 valence electrons. The zero-order valence-electron chi connectivity index (χ0n) is 19.0. The van der Waals surface area contributed by atoms with Gasteiger partial charge in [-0.25, -0.2) is 9.37 Å². The van der Waals surface area contributed by atoms with Crippen LogP contribution >= 0.6 is 11.6 Å². The number of carbonyl (C=O) groups is 1. The van der Waals surface area contributed by atoms with Crippen LogP contribution in [0.25, 0.3) is 11.3 Å². The Bertz CT molecular complexity index is 1330. The van der Waals surface area contributed by atoms with E-state index in [1.165, 1.54) is 12.1 Å². The van der Waals surface area contributed by atoms with E-state index in [1.54, 1.807) is 62.0 Å². The number of carbonyl (C=O) groups excluding carboxylic acids is 1. The zero-order chi connectivity index (χ0) is 24.8. The van der Waals surface area contributed by atoms with Crippen molar-refractivity contribution in [2.75, 3.05) is 19.0 Å². The Balaban J connectivity index is 1.74. The summed E-state index contributed by atoms with van der Waals surface area (Å²) in [7, 11) is 1.58. The first kappa shape index (κ1) is 24.2. The van der Waals surface area contributed by atoms with Crippen LogP contribution in [-0.4, -0.2) is 29.5 Å². The van der Waals surface area contributed by atoms with E-state index in [1.807, 2.05) is 12.1 Å². The van der Waals surface area contributed by atoms with Gasteiger partial charge in [-0.05, 0) is 60.0 Å². The summed E-state index contributed by atoms with van der Waals surface area (Å²) in [5.74, 6) is -0.462. The lowest BCUT2D eigenvalue weighted by Gasteiger charge is -2.19. The Labute approximate surface area is 208 Å². The molecule has 4 rings (SSSR count). The van der Waals surface area contributed by atoms with Crippen LogP contribution in [0.1, 0.15) is 22.6 Å². The molecule has 0 saturated carbocycles. The number of nitrogens with zero attached hydrogens (tertiary/aromatic N) is 2. The molecule has 0 saturated heterocycles. The molecule has 4 aromatic rings. The molecule has 2 heterocycles. The first-order valence-corrected chi connectivity index (χ1v) is 11.4. The number of benzene rings is 2. The van der Waals surface area contributed by atoms with Gasteiger partial charge < -0.3 is 15.8 Å². The molecule has 1 atom stereocenters. The molecule has 0 bridgehead atoms. The van der Waals surface area contributed by atoms with Crippen LogP contribution in [0.2, 0.25) is 5.02 Å². The lowest BCUT2D eigenvalue weighted by molar-refractivity contribution is -0.118. The lowest BCUT2D eigenvalue weighted by atomic mass is 9.91. The van der Waals surface area contributed by atoms with Gasteiger partial charge in [0.1, 0.15) is 17.4 Å². The fourth-order valence-corrected chi connectivity index (χ4v) is 4.10. The van der Waals surface area contributed by atoms with Crippen LogP contribution in [0.5, 0.6) is 5.75 Å². The molecule has 6 nitrogen and oxygen atoms in total. The summed E-state index contributed by atoms with van der Waals surface area (Å²) in [6.07, 6.45) is 3.79. The van der Waals surface area contributed by atoms with E-state index in [2.05, 4.69) is 10.3 Å². The average molecular weight is 491 g/mol. The summed E-state index contributed by atoms with van der Waals surface area (Å²) in [5, 5.41) is 3.82. The van der Waals surface area contributed by atoms with Crippen LogP contribution in [0.3, 0.4) is 0 Å². The van der Waals surface area contributed by atoms with Crippen LogP contribution in [0.15, 0.2) is 79.1 Å². The van der Waals surface area contributed by atoms with Crippen molar-refractivity contribution < 1.29 is 13.9 Å². The van der Waals surface area contributed by atoms with Crippen LogP contribution < -0.4 is 15.8 Å². The molecule has 0 aliphatic heterocycles. The first-order valence-electron chi connectivity index (χ1n) is 11.0. The standard InChI is InChI=1S/C27H24ClFN4O2/c1-35-20-7-9-23(28)22(15-20)24-10-8-21(25(26(30)34)18-5-3-12-31-16-18)27(33-24)32-13-11-17-4-2-6-19(29)14-17/h2-10,12,14-16,25H,11,13H2,1H3,(H2,30,34)(H,32,33). The van der Waals surface area contributed by atoms with Crippen molar-refractivity contribution in [1.29, 1.82) is 0 Å². The summed E-state index contributed by atoms with van der Waals surface area (Å²) >= 11 is 6.45. The Morgan fingerprint density at radius 2 is 2.00 bits per heavy atom. The fourth-order valence-electron chi connectivity index (χ4n) is 3.88. The highest BCUT2D eigenvalue weighted by atomic mass is 35.5. The quantitative estimate of drug-likeness (QED) is 0.336. The number of anilines is 1. The van der Waals surface area contributed by atoms with Gasteiger partial charge in [-0.3, -0.25) is 9.78 Å². The maximum atomic E-state index is 13.6. The van der Waals surface area contributed by atoms with Crippen molar-refractivity contribution in [2.24, 2.45) is 5.73 Å².